The Morgan fingerprint density at radius 2 is 1.53 bits per heavy atom. The number of halogens is 2. The largest absolute Gasteiger partial charge is 0.480 e. The van der Waals surface area contributed by atoms with Crippen LogP contribution in [0.4, 0.5) is 4.79 Å². The van der Waals surface area contributed by atoms with Gasteiger partial charge >= 0.3 is 12.0 Å². The Labute approximate surface area is 273 Å². The summed E-state index contributed by atoms with van der Waals surface area (Å²) in [6, 6.07) is 23.9. The van der Waals surface area contributed by atoms with Crippen molar-refractivity contribution in [3.05, 3.63) is 106 Å². The number of amides is 4. The lowest BCUT2D eigenvalue weighted by Crippen LogP contribution is -2.46. The van der Waals surface area contributed by atoms with Gasteiger partial charge in [0.1, 0.15) is 6.04 Å². The topological polar surface area (TPSA) is 124 Å². The second-order valence-corrected chi connectivity index (χ2v) is 12.1. The number of carbonyl (C=O) groups excluding carboxylic acids is 3. The highest BCUT2D eigenvalue weighted by molar-refractivity contribution is 6.35. The van der Waals surface area contributed by atoms with Crippen LogP contribution in [0, 0.1) is 0 Å². The molecule has 238 valence electrons. The Bertz CT molecular complexity index is 1450. The van der Waals surface area contributed by atoms with Crippen molar-refractivity contribution < 1.29 is 24.3 Å². The van der Waals surface area contributed by atoms with Crippen LogP contribution in [0.15, 0.2) is 78.9 Å². The molecule has 45 heavy (non-hydrogen) atoms. The average molecular weight is 654 g/mol. The van der Waals surface area contributed by atoms with Crippen LogP contribution in [0.1, 0.15) is 48.3 Å². The van der Waals surface area contributed by atoms with Gasteiger partial charge in [0.25, 0.3) is 0 Å². The SMILES string of the molecule is CN(C(N)=O)C1CC1.O=C(O)C1CC(=O)N(CCc2ccc(Cl)cc2Cl)CC(=O)N1CCC(c1ccccc1)c1ccccc1. The van der Waals surface area contributed by atoms with E-state index in [-0.39, 0.29) is 49.8 Å². The predicted molar refractivity (Wildman–Crippen MR) is 174 cm³/mol. The van der Waals surface area contributed by atoms with Crippen molar-refractivity contribution in [3.63, 3.8) is 0 Å². The van der Waals surface area contributed by atoms with Gasteiger partial charge in [0, 0.05) is 42.1 Å². The van der Waals surface area contributed by atoms with Gasteiger partial charge in [-0.3, -0.25) is 9.59 Å². The van der Waals surface area contributed by atoms with Crippen molar-refractivity contribution in [3.8, 4) is 0 Å². The molecule has 2 fully saturated rings. The van der Waals surface area contributed by atoms with Crippen molar-refractivity contribution in [2.75, 3.05) is 26.7 Å². The molecule has 1 atom stereocenters. The summed E-state index contributed by atoms with van der Waals surface area (Å²) in [5, 5.41) is 10.9. The number of carbonyl (C=O) groups is 4. The van der Waals surface area contributed by atoms with E-state index in [4.69, 9.17) is 28.9 Å². The number of primary amides is 1. The molecule has 3 N–H and O–H groups in total. The number of benzene rings is 3. The summed E-state index contributed by atoms with van der Waals surface area (Å²) < 4.78 is 0. The Balaban J connectivity index is 0.000000501. The molecular formula is C34H38Cl2N4O5. The molecule has 0 bridgehead atoms. The normalized spacial score (nSPS) is 16.6. The zero-order chi connectivity index (χ0) is 32.5. The molecule has 0 aromatic heterocycles. The zero-order valence-corrected chi connectivity index (χ0v) is 26.7. The van der Waals surface area contributed by atoms with Gasteiger partial charge in [0.05, 0.1) is 13.0 Å². The van der Waals surface area contributed by atoms with Gasteiger partial charge in [-0.2, -0.15) is 0 Å². The standard InChI is InChI=1S/C29H28Cl2N2O4.C5H10N2O/c30-23-12-11-22(25(31)17-23)13-15-32-19-28(35)33(26(29(36)37)18-27(32)34)16-14-24(20-7-3-1-4-8-20)21-9-5-2-6-10-21;1-7(5(6)8)4-2-3-4/h1-12,17,24,26H,13-16,18-19H2,(H,36,37);4H,2-3H2,1H3,(H2,6,8). The summed E-state index contributed by atoms with van der Waals surface area (Å²) in [5.41, 5.74) is 7.93. The van der Waals surface area contributed by atoms with E-state index in [1.54, 1.807) is 30.1 Å². The van der Waals surface area contributed by atoms with E-state index < -0.39 is 12.0 Å². The Morgan fingerprint density at radius 1 is 0.933 bits per heavy atom. The van der Waals surface area contributed by atoms with Crippen LogP contribution in [0.2, 0.25) is 10.0 Å². The van der Waals surface area contributed by atoms with Crippen LogP contribution in [-0.2, 0) is 20.8 Å². The number of hydrogen-bond donors (Lipinski definition) is 2. The first-order valence-electron chi connectivity index (χ1n) is 14.9. The van der Waals surface area contributed by atoms with Gasteiger partial charge < -0.3 is 25.5 Å². The molecular weight excluding hydrogens is 615 g/mol. The maximum atomic E-state index is 13.3. The average Bonchev–Trinajstić information content (AvgIpc) is 3.88. The van der Waals surface area contributed by atoms with E-state index in [1.165, 1.54) is 9.80 Å². The number of rotatable bonds is 10. The van der Waals surface area contributed by atoms with Crippen LogP contribution in [0.25, 0.3) is 0 Å². The quantitative estimate of drug-likeness (QED) is 0.302. The molecule has 1 saturated heterocycles. The zero-order valence-electron chi connectivity index (χ0n) is 25.1. The molecule has 11 heteroatoms. The van der Waals surface area contributed by atoms with E-state index >= 15 is 0 Å². The monoisotopic (exact) mass is 652 g/mol. The van der Waals surface area contributed by atoms with Crippen LogP contribution in [0.3, 0.4) is 0 Å². The van der Waals surface area contributed by atoms with Gasteiger partial charge in [-0.1, -0.05) is 89.9 Å². The highest BCUT2D eigenvalue weighted by atomic mass is 35.5. The molecule has 3 aromatic carbocycles. The number of urea groups is 1. The number of nitrogens with zero attached hydrogens (tertiary/aromatic N) is 3. The van der Waals surface area contributed by atoms with Crippen LogP contribution in [-0.4, -0.2) is 82.4 Å². The van der Waals surface area contributed by atoms with E-state index in [0.29, 0.717) is 28.9 Å². The summed E-state index contributed by atoms with van der Waals surface area (Å²) in [6.45, 7) is 0.298. The van der Waals surface area contributed by atoms with E-state index in [0.717, 1.165) is 29.5 Å². The number of carboxylic acids is 1. The second kappa shape index (κ2) is 15.8. The fourth-order valence-corrected chi connectivity index (χ4v) is 5.91. The molecule has 0 radical (unpaired) electrons. The highest BCUT2D eigenvalue weighted by Gasteiger charge is 2.38. The first kappa shape index (κ1) is 33.8. The second-order valence-electron chi connectivity index (χ2n) is 11.3. The lowest BCUT2D eigenvalue weighted by molar-refractivity contribution is -0.150. The Hall–Kier alpha value is -4.08. The van der Waals surface area contributed by atoms with Crippen molar-refractivity contribution in [1.82, 2.24) is 14.7 Å². The van der Waals surface area contributed by atoms with Crippen LogP contribution < -0.4 is 5.73 Å². The summed E-state index contributed by atoms with van der Waals surface area (Å²) in [4.78, 5) is 53.2. The first-order chi connectivity index (χ1) is 21.5. The molecule has 5 rings (SSSR count). The minimum absolute atomic E-state index is 0.0215. The number of hydrogen-bond acceptors (Lipinski definition) is 4. The first-order valence-corrected chi connectivity index (χ1v) is 15.7. The molecule has 1 unspecified atom stereocenters. The molecule has 9 nitrogen and oxygen atoms in total. The van der Waals surface area contributed by atoms with Crippen molar-refractivity contribution >= 4 is 47.0 Å². The van der Waals surface area contributed by atoms with Gasteiger partial charge in [0.15, 0.2) is 0 Å². The maximum Gasteiger partial charge on any atom is 0.326 e. The number of aliphatic carboxylic acids is 1. The summed E-state index contributed by atoms with van der Waals surface area (Å²) in [7, 11) is 1.74. The van der Waals surface area contributed by atoms with Gasteiger partial charge in [-0.15, -0.1) is 0 Å². The van der Waals surface area contributed by atoms with Crippen molar-refractivity contribution in [1.29, 1.82) is 0 Å². The molecule has 1 saturated carbocycles. The summed E-state index contributed by atoms with van der Waals surface area (Å²) in [5.74, 6) is -1.94. The van der Waals surface area contributed by atoms with E-state index in [2.05, 4.69) is 0 Å². The minimum Gasteiger partial charge on any atom is -0.480 e. The number of carboxylic acid groups (broad SMARTS) is 1. The minimum atomic E-state index is -1.21. The van der Waals surface area contributed by atoms with E-state index in [1.807, 2.05) is 60.7 Å². The van der Waals surface area contributed by atoms with Gasteiger partial charge in [-0.25, -0.2) is 9.59 Å². The summed E-state index contributed by atoms with van der Waals surface area (Å²) >= 11 is 12.2. The molecule has 0 spiro atoms. The Morgan fingerprint density at radius 3 is 2.02 bits per heavy atom. The third-order valence-corrected chi connectivity index (χ3v) is 8.79. The predicted octanol–water partition coefficient (Wildman–Crippen LogP) is 5.43. The Kier molecular flexibility index (Phi) is 11.8. The van der Waals surface area contributed by atoms with Gasteiger partial charge in [-0.05, 0) is 54.5 Å². The summed E-state index contributed by atoms with van der Waals surface area (Å²) in [6.07, 6.45) is 2.94. The van der Waals surface area contributed by atoms with Gasteiger partial charge in [0.2, 0.25) is 11.8 Å². The van der Waals surface area contributed by atoms with Crippen LogP contribution >= 0.6 is 23.2 Å². The molecule has 1 aliphatic heterocycles. The number of nitrogens with two attached hydrogens (primary N) is 1. The lowest BCUT2D eigenvalue weighted by Gasteiger charge is -2.28. The third-order valence-electron chi connectivity index (χ3n) is 8.20. The van der Waals surface area contributed by atoms with Crippen molar-refractivity contribution in [2.45, 2.75) is 50.1 Å². The molecule has 1 aliphatic carbocycles. The molecule has 3 aromatic rings. The maximum absolute atomic E-state index is 13.3. The van der Waals surface area contributed by atoms with Crippen LogP contribution in [0.5, 0.6) is 0 Å². The lowest BCUT2D eigenvalue weighted by atomic mass is 9.88. The third kappa shape index (κ3) is 9.45. The van der Waals surface area contributed by atoms with Crippen molar-refractivity contribution in [2.24, 2.45) is 5.73 Å². The van der Waals surface area contributed by atoms with E-state index in [9.17, 15) is 24.3 Å². The fraction of sp³-hybridized carbons (Fsp3) is 0.353. The molecule has 2 aliphatic rings. The molecule has 1 heterocycles. The fourth-order valence-electron chi connectivity index (χ4n) is 5.41. The molecule has 4 amide bonds. The highest BCUT2D eigenvalue weighted by Crippen LogP contribution is 2.29. The smallest absolute Gasteiger partial charge is 0.326 e.